The molecular formula is C19H28N2O3. The van der Waals surface area contributed by atoms with Crippen molar-refractivity contribution in [2.45, 2.75) is 44.8 Å². The quantitative estimate of drug-likeness (QED) is 0.870. The minimum atomic E-state index is 0.127. The van der Waals surface area contributed by atoms with E-state index < -0.39 is 0 Å². The monoisotopic (exact) mass is 332 g/mol. The molecule has 1 heterocycles. The molecule has 0 bridgehead atoms. The first-order valence-electron chi connectivity index (χ1n) is 9.11. The molecule has 0 aromatic heterocycles. The number of carbonyl (C=O) groups is 1. The Morgan fingerprint density at radius 3 is 2.79 bits per heavy atom. The molecule has 1 aromatic rings. The van der Waals surface area contributed by atoms with Crippen LogP contribution in [-0.4, -0.2) is 49.8 Å². The molecule has 1 aliphatic carbocycles. The highest BCUT2D eigenvalue weighted by atomic mass is 16.5. The predicted octanol–water partition coefficient (Wildman–Crippen LogP) is 2.81. The van der Waals surface area contributed by atoms with Crippen LogP contribution in [0.1, 0.15) is 37.7 Å². The molecule has 1 amide bonds. The largest absolute Gasteiger partial charge is 0.378 e. The summed E-state index contributed by atoms with van der Waals surface area (Å²) in [5, 5.41) is 3.23. The topological polar surface area (TPSA) is 50.8 Å². The van der Waals surface area contributed by atoms with Gasteiger partial charge in [0.1, 0.15) is 0 Å². The van der Waals surface area contributed by atoms with E-state index in [1.54, 1.807) is 0 Å². The zero-order chi connectivity index (χ0) is 16.6. The highest BCUT2D eigenvalue weighted by Crippen LogP contribution is 2.22. The molecule has 24 heavy (non-hydrogen) atoms. The average Bonchev–Trinajstić information content (AvgIpc) is 2.66. The maximum absolute atomic E-state index is 12.2. The number of benzene rings is 1. The van der Waals surface area contributed by atoms with Gasteiger partial charge in [0.25, 0.3) is 0 Å². The van der Waals surface area contributed by atoms with E-state index in [-0.39, 0.29) is 5.91 Å². The van der Waals surface area contributed by atoms with E-state index in [2.05, 4.69) is 17.4 Å². The lowest BCUT2D eigenvalue weighted by molar-refractivity contribution is -0.133. The summed E-state index contributed by atoms with van der Waals surface area (Å²) in [7, 11) is 0. The van der Waals surface area contributed by atoms with Crippen LogP contribution < -0.4 is 5.32 Å². The van der Waals surface area contributed by atoms with Crippen LogP contribution in [-0.2, 0) is 20.9 Å². The third kappa shape index (κ3) is 5.21. The Balaban J connectivity index is 1.44. The van der Waals surface area contributed by atoms with Crippen molar-refractivity contribution >= 4 is 11.6 Å². The van der Waals surface area contributed by atoms with Crippen molar-refractivity contribution < 1.29 is 14.3 Å². The number of nitrogens with zero attached hydrogens (tertiary/aromatic N) is 1. The number of carbonyl (C=O) groups excluding carboxylic acids is 1. The Labute approximate surface area is 144 Å². The van der Waals surface area contributed by atoms with Crippen LogP contribution in [0.2, 0.25) is 0 Å². The first kappa shape index (κ1) is 17.2. The lowest BCUT2D eigenvalue weighted by Gasteiger charge is -2.27. The van der Waals surface area contributed by atoms with Gasteiger partial charge in [-0.15, -0.1) is 0 Å². The van der Waals surface area contributed by atoms with E-state index in [1.807, 2.05) is 17.0 Å². The zero-order valence-corrected chi connectivity index (χ0v) is 14.3. The number of hydrogen-bond acceptors (Lipinski definition) is 4. The third-order valence-electron chi connectivity index (χ3n) is 4.77. The van der Waals surface area contributed by atoms with Crippen LogP contribution in [0.3, 0.4) is 0 Å². The van der Waals surface area contributed by atoms with Crippen LogP contribution in [0.4, 0.5) is 5.69 Å². The van der Waals surface area contributed by atoms with E-state index in [4.69, 9.17) is 9.47 Å². The highest BCUT2D eigenvalue weighted by molar-refractivity contribution is 5.81. The summed E-state index contributed by atoms with van der Waals surface area (Å²) in [5.41, 5.74) is 2.13. The minimum Gasteiger partial charge on any atom is -0.378 e. The van der Waals surface area contributed by atoms with Crippen molar-refractivity contribution in [1.82, 2.24) is 4.90 Å². The molecule has 3 rings (SSSR count). The van der Waals surface area contributed by atoms with Gasteiger partial charge in [0.15, 0.2) is 0 Å². The van der Waals surface area contributed by atoms with E-state index in [1.165, 1.54) is 32.1 Å². The Hall–Kier alpha value is -1.59. The SMILES string of the molecule is O=C(CNc1cccc(COC2CCCCC2)c1)N1CCOCC1. The number of rotatable bonds is 6. The zero-order valence-electron chi connectivity index (χ0n) is 14.3. The van der Waals surface area contributed by atoms with Crippen molar-refractivity contribution in [3.8, 4) is 0 Å². The summed E-state index contributed by atoms with van der Waals surface area (Å²) in [5.74, 6) is 0.127. The second kappa shape index (κ2) is 9.04. The van der Waals surface area contributed by atoms with Crippen LogP contribution in [0.25, 0.3) is 0 Å². The van der Waals surface area contributed by atoms with Crippen molar-refractivity contribution in [2.24, 2.45) is 0 Å². The molecule has 1 saturated heterocycles. The van der Waals surface area contributed by atoms with Gasteiger partial charge in [-0.05, 0) is 30.5 Å². The standard InChI is InChI=1S/C19H28N2O3/c22-19(21-9-11-23-12-10-21)14-20-17-6-4-5-16(13-17)15-24-18-7-2-1-3-8-18/h4-6,13,18,20H,1-3,7-12,14-15H2. The first-order valence-corrected chi connectivity index (χ1v) is 9.11. The molecule has 2 fully saturated rings. The maximum atomic E-state index is 12.2. The highest BCUT2D eigenvalue weighted by Gasteiger charge is 2.16. The molecule has 1 saturated carbocycles. The molecule has 132 valence electrons. The number of anilines is 1. The Bertz CT molecular complexity index is 523. The Kier molecular flexibility index (Phi) is 6.49. The van der Waals surface area contributed by atoms with Gasteiger partial charge >= 0.3 is 0 Å². The molecule has 1 N–H and O–H groups in total. The van der Waals surface area contributed by atoms with Gasteiger partial charge in [-0.1, -0.05) is 31.4 Å². The van der Waals surface area contributed by atoms with Crippen molar-refractivity contribution in [1.29, 1.82) is 0 Å². The summed E-state index contributed by atoms with van der Waals surface area (Å²) in [6.07, 6.45) is 6.71. The third-order valence-corrected chi connectivity index (χ3v) is 4.77. The Morgan fingerprint density at radius 2 is 2.00 bits per heavy atom. The van der Waals surface area contributed by atoms with Crippen LogP contribution in [0, 0.1) is 0 Å². The van der Waals surface area contributed by atoms with Gasteiger partial charge < -0.3 is 19.7 Å². The van der Waals surface area contributed by atoms with E-state index in [0.29, 0.717) is 45.6 Å². The van der Waals surface area contributed by atoms with Crippen LogP contribution in [0.5, 0.6) is 0 Å². The fraction of sp³-hybridized carbons (Fsp3) is 0.632. The molecule has 0 spiro atoms. The number of hydrogen-bond donors (Lipinski definition) is 1. The lowest BCUT2D eigenvalue weighted by atomic mass is 9.98. The van der Waals surface area contributed by atoms with Crippen molar-refractivity contribution in [3.05, 3.63) is 29.8 Å². The van der Waals surface area contributed by atoms with Gasteiger partial charge in [0.2, 0.25) is 5.91 Å². The smallest absolute Gasteiger partial charge is 0.242 e. The summed E-state index contributed by atoms with van der Waals surface area (Å²) in [4.78, 5) is 14.0. The summed E-state index contributed by atoms with van der Waals surface area (Å²) in [6, 6.07) is 8.17. The molecule has 0 unspecified atom stereocenters. The number of morpholine rings is 1. The van der Waals surface area contributed by atoms with Gasteiger partial charge in [-0.3, -0.25) is 4.79 Å². The molecular weight excluding hydrogens is 304 g/mol. The van der Waals surface area contributed by atoms with Crippen molar-refractivity contribution in [3.63, 3.8) is 0 Å². The fourth-order valence-corrected chi connectivity index (χ4v) is 3.32. The molecule has 5 heteroatoms. The van der Waals surface area contributed by atoms with Crippen LogP contribution >= 0.6 is 0 Å². The second-order valence-corrected chi connectivity index (χ2v) is 6.62. The average molecular weight is 332 g/mol. The fourth-order valence-electron chi connectivity index (χ4n) is 3.32. The van der Waals surface area contributed by atoms with Gasteiger partial charge in [-0.25, -0.2) is 0 Å². The first-order chi connectivity index (χ1) is 11.8. The van der Waals surface area contributed by atoms with Gasteiger partial charge in [0.05, 0.1) is 32.5 Å². The lowest BCUT2D eigenvalue weighted by Crippen LogP contribution is -2.43. The molecule has 0 atom stereocenters. The van der Waals surface area contributed by atoms with Crippen LogP contribution in [0.15, 0.2) is 24.3 Å². The molecule has 0 radical (unpaired) electrons. The maximum Gasteiger partial charge on any atom is 0.242 e. The molecule has 1 aliphatic heterocycles. The normalized spacial score (nSPS) is 19.2. The summed E-state index contributed by atoms with van der Waals surface area (Å²) >= 11 is 0. The van der Waals surface area contributed by atoms with E-state index >= 15 is 0 Å². The minimum absolute atomic E-state index is 0.127. The molecule has 1 aromatic carbocycles. The van der Waals surface area contributed by atoms with E-state index in [0.717, 1.165) is 11.3 Å². The summed E-state index contributed by atoms with van der Waals surface area (Å²) < 4.78 is 11.3. The number of ether oxygens (including phenoxy) is 2. The predicted molar refractivity (Wildman–Crippen MR) is 94.0 cm³/mol. The second-order valence-electron chi connectivity index (χ2n) is 6.62. The molecule has 2 aliphatic rings. The Morgan fingerprint density at radius 1 is 1.21 bits per heavy atom. The summed E-state index contributed by atoms with van der Waals surface area (Å²) in [6.45, 7) is 3.63. The van der Waals surface area contributed by atoms with Gasteiger partial charge in [-0.2, -0.15) is 0 Å². The number of amides is 1. The van der Waals surface area contributed by atoms with E-state index in [9.17, 15) is 4.79 Å². The van der Waals surface area contributed by atoms with Gasteiger partial charge in [0, 0.05) is 18.8 Å². The molecule has 5 nitrogen and oxygen atoms in total. The number of nitrogens with one attached hydrogen (secondary N) is 1. The van der Waals surface area contributed by atoms with Crippen molar-refractivity contribution in [2.75, 3.05) is 38.2 Å².